The number of terminal acetylenes is 1. The topological polar surface area (TPSA) is 87.1 Å². The number of hydrogen-bond acceptors (Lipinski definition) is 3. The van der Waals surface area contributed by atoms with Crippen LogP contribution in [0.2, 0.25) is 0 Å². The summed E-state index contributed by atoms with van der Waals surface area (Å²) in [6.07, 6.45) is 8.78. The zero-order valence-corrected chi connectivity index (χ0v) is 21.9. The van der Waals surface area contributed by atoms with Crippen molar-refractivity contribution in [1.82, 2.24) is 15.6 Å². The van der Waals surface area contributed by atoms with Gasteiger partial charge in [-0.15, -0.1) is 6.42 Å². The zero-order valence-electron chi connectivity index (χ0n) is 21.9. The summed E-state index contributed by atoms with van der Waals surface area (Å²) in [5.74, 6) is 2.12. The summed E-state index contributed by atoms with van der Waals surface area (Å²) in [5, 5.41) is 7.09. The fourth-order valence-corrected chi connectivity index (χ4v) is 4.95. The molecular weight excluding hydrogens is 493 g/mol. The molecule has 7 heteroatoms. The highest BCUT2D eigenvalue weighted by Gasteiger charge is 2.27. The van der Waals surface area contributed by atoms with Crippen molar-refractivity contribution in [2.75, 3.05) is 7.05 Å². The molecule has 0 bridgehead atoms. The molecule has 0 radical (unpaired) electrons. The van der Waals surface area contributed by atoms with Crippen LogP contribution in [-0.4, -0.2) is 29.4 Å². The molecule has 3 aromatic carbocycles. The maximum atomic E-state index is 13.6. The highest BCUT2D eigenvalue weighted by Crippen LogP contribution is 2.41. The summed E-state index contributed by atoms with van der Waals surface area (Å²) in [6, 6.07) is 16.9. The van der Waals surface area contributed by atoms with Crippen LogP contribution in [0.5, 0.6) is 0 Å². The van der Waals surface area contributed by atoms with E-state index >= 15 is 0 Å². The van der Waals surface area contributed by atoms with Gasteiger partial charge in [0.25, 0.3) is 11.8 Å². The first-order valence-corrected chi connectivity index (χ1v) is 12.8. The summed E-state index contributed by atoms with van der Waals surface area (Å²) in [4.78, 5) is 29.6. The van der Waals surface area contributed by atoms with Gasteiger partial charge in [-0.25, -0.2) is 4.39 Å². The third-order valence-corrected chi connectivity index (χ3v) is 7.33. The standard InChI is InChI=1S/C32H28FN3O3/c1-5-32(6-2,7-3)36-30(37)21-10-8-9-20(17-21)24-18-25-26(31(38)34-4)28(19-11-13-22(33)14-12-19)39-29(25)23-15-16-35-27(23)24/h1,8-18,35H,6-7H2,2-4H3,(H,34,38)(H,36,37). The average Bonchev–Trinajstić information content (AvgIpc) is 3.61. The van der Waals surface area contributed by atoms with Crippen LogP contribution in [-0.2, 0) is 0 Å². The maximum absolute atomic E-state index is 13.6. The van der Waals surface area contributed by atoms with Gasteiger partial charge in [0, 0.05) is 40.7 Å². The number of aromatic nitrogens is 1. The summed E-state index contributed by atoms with van der Waals surface area (Å²) < 4.78 is 19.9. The van der Waals surface area contributed by atoms with E-state index in [0.717, 1.165) is 22.0 Å². The van der Waals surface area contributed by atoms with Gasteiger partial charge in [0.05, 0.1) is 11.1 Å². The second kappa shape index (κ2) is 10.1. The molecule has 0 atom stereocenters. The van der Waals surface area contributed by atoms with E-state index in [9.17, 15) is 14.0 Å². The van der Waals surface area contributed by atoms with Gasteiger partial charge in [0.1, 0.15) is 22.7 Å². The molecule has 3 N–H and O–H groups in total. The molecule has 0 aliphatic rings. The predicted molar refractivity (Wildman–Crippen MR) is 152 cm³/mol. The molecule has 0 fully saturated rings. The SMILES string of the molecule is C#CC(CC)(CC)NC(=O)c1cccc(-c2cc3c(C(=O)NC)c(-c4ccc(F)cc4)oc3c3cc[nH]c23)c1. The Bertz CT molecular complexity index is 1750. The van der Waals surface area contributed by atoms with E-state index in [-0.39, 0.29) is 17.6 Å². The Morgan fingerprint density at radius 3 is 2.41 bits per heavy atom. The van der Waals surface area contributed by atoms with Gasteiger partial charge >= 0.3 is 0 Å². The van der Waals surface area contributed by atoms with E-state index in [1.54, 1.807) is 31.4 Å². The lowest BCUT2D eigenvalue weighted by atomic mass is 9.93. The van der Waals surface area contributed by atoms with Gasteiger partial charge in [-0.05, 0) is 66.9 Å². The molecule has 0 saturated heterocycles. The van der Waals surface area contributed by atoms with Gasteiger partial charge in [0.2, 0.25) is 0 Å². The Morgan fingerprint density at radius 2 is 1.74 bits per heavy atom. The molecule has 0 unspecified atom stereocenters. The second-order valence-corrected chi connectivity index (χ2v) is 9.43. The highest BCUT2D eigenvalue weighted by atomic mass is 19.1. The summed E-state index contributed by atoms with van der Waals surface area (Å²) in [7, 11) is 1.55. The number of H-pyrrole nitrogens is 1. The van der Waals surface area contributed by atoms with Crippen molar-refractivity contribution >= 4 is 33.7 Å². The molecule has 2 heterocycles. The van der Waals surface area contributed by atoms with Crippen molar-refractivity contribution in [3.8, 4) is 34.8 Å². The summed E-state index contributed by atoms with van der Waals surface area (Å²) >= 11 is 0. The first-order chi connectivity index (χ1) is 18.8. The van der Waals surface area contributed by atoms with Crippen LogP contribution in [0.25, 0.3) is 44.3 Å². The number of carbonyl (C=O) groups excluding carboxylic acids is 2. The number of benzene rings is 3. The lowest BCUT2D eigenvalue weighted by molar-refractivity contribution is 0.0915. The number of aromatic amines is 1. The van der Waals surface area contributed by atoms with Gasteiger partial charge in [0.15, 0.2) is 0 Å². The maximum Gasteiger partial charge on any atom is 0.255 e. The minimum absolute atomic E-state index is 0.254. The minimum Gasteiger partial charge on any atom is -0.454 e. The smallest absolute Gasteiger partial charge is 0.255 e. The monoisotopic (exact) mass is 521 g/mol. The summed E-state index contributed by atoms with van der Waals surface area (Å²) in [5.41, 5.74) is 3.59. The fraction of sp³-hybridized carbons (Fsp3) is 0.188. The van der Waals surface area contributed by atoms with Gasteiger partial charge in [-0.3, -0.25) is 9.59 Å². The first-order valence-electron chi connectivity index (χ1n) is 12.8. The predicted octanol–water partition coefficient (Wildman–Crippen LogP) is 6.67. The van der Waals surface area contributed by atoms with Crippen molar-refractivity contribution in [2.45, 2.75) is 32.2 Å². The van der Waals surface area contributed by atoms with Crippen molar-refractivity contribution in [3.05, 3.63) is 83.8 Å². The average molecular weight is 522 g/mol. The molecule has 39 heavy (non-hydrogen) atoms. The molecule has 2 amide bonds. The highest BCUT2D eigenvalue weighted by molar-refractivity contribution is 6.19. The third-order valence-electron chi connectivity index (χ3n) is 7.33. The normalized spacial score (nSPS) is 11.5. The summed E-state index contributed by atoms with van der Waals surface area (Å²) in [6.45, 7) is 3.90. The van der Waals surface area contributed by atoms with E-state index in [2.05, 4.69) is 21.5 Å². The van der Waals surface area contributed by atoms with Crippen molar-refractivity contribution in [2.24, 2.45) is 0 Å². The van der Waals surface area contributed by atoms with E-state index in [1.165, 1.54) is 12.1 Å². The minimum atomic E-state index is -0.714. The number of rotatable bonds is 7. The van der Waals surface area contributed by atoms with Crippen molar-refractivity contribution in [1.29, 1.82) is 0 Å². The molecular formula is C32H28FN3O3. The van der Waals surface area contributed by atoms with E-state index in [0.29, 0.717) is 46.3 Å². The molecule has 5 rings (SSSR count). The van der Waals surface area contributed by atoms with Crippen LogP contribution < -0.4 is 10.6 Å². The van der Waals surface area contributed by atoms with E-state index in [4.69, 9.17) is 10.8 Å². The lowest BCUT2D eigenvalue weighted by Crippen LogP contribution is -2.46. The Hall–Kier alpha value is -4.83. The molecule has 196 valence electrons. The quantitative estimate of drug-likeness (QED) is 0.209. The number of nitrogens with one attached hydrogen (secondary N) is 3. The van der Waals surface area contributed by atoms with Gasteiger partial charge in [-0.1, -0.05) is 31.9 Å². The molecule has 0 aliphatic heterocycles. The fourth-order valence-electron chi connectivity index (χ4n) is 4.95. The molecule has 0 spiro atoms. The number of hydrogen-bond donors (Lipinski definition) is 3. The van der Waals surface area contributed by atoms with Gasteiger partial charge in [-0.2, -0.15) is 0 Å². The van der Waals surface area contributed by atoms with Gasteiger partial charge < -0.3 is 20.0 Å². The Morgan fingerprint density at radius 1 is 1.00 bits per heavy atom. The third kappa shape index (κ3) is 4.44. The second-order valence-electron chi connectivity index (χ2n) is 9.43. The molecule has 2 aromatic heterocycles. The molecule has 5 aromatic rings. The van der Waals surface area contributed by atoms with Crippen LogP contribution in [0.1, 0.15) is 47.4 Å². The Kier molecular flexibility index (Phi) is 6.71. The van der Waals surface area contributed by atoms with Crippen LogP contribution in [0.3, 0.4) is 0 Å². The van der Waals surface area contributed by atoms with Crippen LogP contribution >= 0.6 is 0 Å². The molecule has 6 nitrogen and oxygen atoms in total. The van der Waals surface area contributed by atoms with Crippen LogP contribution in [0.15, 0.2) is 71.3 Å². The zero-order chi connectivity index (χ0) is 27.7. The molecule has 0 saturated carbocycles. The first kappa shape index (κ1) is 25.8. The van der Waals surface area contributed by atoms with Crippen molar-refractivity contribution in [3.63, 3.8) is 0 Å². The van der Waals surface area contributed by atoms with Crippen LogP contribution in [0, 0.1) is 18.2 Å². The van der Waals surface area contributed by atoms with Crippen molar-refractivity contribution < 1.29 is 18.4 Å². The Labute approximate surface area is 225 Å². The molecule has 0 aliphatic carbocycles. The number of carbonyl (C=O) groups is 2. The number of amides is 2. The number of fused-ring (bicyclic) bond motifs is 3. The lowest BCUT2D eigenvalue weighted by Gasteiger charge is -2.27. The van der Waals surface area contributed by atoms with E-state index < -0.39 is 5.54 Å². The number of furan rings is 1. The Balaban J connectivity index is 1.69. The number of halogens is 1. The van der Waals surface area contributed by atoms with E-state index in [1.807, 2.05) is 44.2 Å². The van der Waals surface area contributed by atoms with Crippen LogP contribution in [0.4, 0.5) is 4.39 Å². The largest absolute Gasteiger partial charge is 0.454 e.